The van der Waals surface area contributed by atoms with Gasteiger partial charge in [-0.3, -0.25) is 0 Å². The van der Waals surface area contributed by atoms with Crippen LogP contribution in [0.15, 0.2) is 24.3 Å². The fourth-order valence-corrected chi connectivity index (χ4v) is 6.99. The lowest BCUT2D eigenvalue weighted by molar-refractivity contribution is -0.212. The van der Waals surface area contributed by atoms with Gasteiger partial charge in [0.05, 0.1) is 5.60 Å². The highest BCUT2D eigenvalue weighted by atomic mass is 16.3. The van der Waals surface area contributed by atoms with Gasteiger partial charge in [0.25, 0.3) is 0 Å². The maximum absolute atomic E-state index is 11.8. The third kappa shape index (κ3) is 1.42. The summed E-state index contributed by atoms with van der Waals surface area (Å²) >= 11 is 0. The van der Waals surface area contributed by atoms with E-state index >= 15 is 0 Å². The molecule has 0 aromatic heterocycles. The number of aryl methyl sites for hydroxylation is 1. The number of rotatable bonds is 1. The van der Waals surface area contributed by atoms with Gasteiger partial charge < -0.3 is 5.11 Å². The molecule has 0 radical (unpaired) electrons. The van der Waals surface area contributed by atoms with Gasteiger partial charge in [0.1, 0.15) is 0 Å². The van der Waals surface area contributed by atoms with E-state index in [0.29, 0.717) is 0 Å². The molecule has 1 heteroatoms. The van der Waals surface area contributed by atoms with E-state index in [4.69, 9.17) is 0 Å². The minimum atomic E-state index is -0.563. The first kappa shape index (κ1) is 12.7. The summed E-state index contributed by atoms with van der Waals surface area (Å²) in [4.78, 5) is 0. The molecule has 6 rings (SSSR count). The smallest absolute Gasteiger partial charge is 0.0960 e. The lowest BCUT2D eigenvalue weighted by Gasteiger charge is -2.64. The summed E-state index contributed by atoms with van der Waals surface area (Å²) in [5.41, 5.74) is 2.22. The van der Waals surface area contributed by atoms with E-state index in [1.54, 1.807) is 0 Å². The molecule has 0 aliphatic heterocycles. The maximum atomic E-state index is 11.8. The van der Waals surface area contributed by atoms with Gasteiger partial charge in [-0.25, -0.2) is 0 Å². The van der Waals surface area contributed by atoms with E-state index in [9.17, 15) is 5.11 Å². The van der Waals surface area contributed by atoms with Crippen molar-refractivity contribution in [3.05, 3.63) is 35.4 Å². The molecule has 1 unspecified atom stereocenters. The first-order valence-electron chi connectivity index (χ1n) is 8.92. The van der Waals surface area contributed by atoms with Gasteiger partial charge in [-0.2, -0.15) is 0 Å². The van der Waals surface area contributed by atoms with Crippen LogP contribution in [0.5, 0.6) is 0 Å². The largest absolute Gasteiger partial charge is 0.385 e. The Bertz CT molecular complexity index is 561. The Labute approximate surface area is 127 Å². The number of hydrogen-bond acceptors (Lipinski definition) is 1. The Morgan fingerprint density at radius 3 is 2.24 bits per heavy atom. The average molecular weight is 282 g/mol. The molecule has 5 aliphatic rings. The van der Waals surface area contributed by atoms with Crippen LogP contribution < -0.4 is 0 Å². The molecule has 4 bridgehead atoms. The minimum absolute atomic E-state index is 0.118. The van der Waals surface area contributed by atoms with Crippen molar-refractivity contribution in [1.29, 1.82) is 0 Å². The molecule has 1 aromatic carbocycles. The zero-order chi connectivity index (χ0) is 14.2. The summed E-state index contributed by atoms with van der Waals surface area (Å²) in [6, 6.07) is 8.68. The van der Waals surface area contributed by atoms with Crippen molar-refractivity contribution < 1.29 is 5.11 Å². The predicted octanol–water partition coefficient (Wildman–Crippen LogP) is 4.28. The lowest BCUT2D eigenvalue weighted by atomic mass is 9.41. The van der Waals surface area contributed by atoms with Crippen LogP contribution in [-0.4, -0.2) is 5.11 Å². The standard InChI is InChI=1S/C20H26O/c1-19(16-9-13-8-14(11-16)12-17(19)10-13)20(21)7-6-15-4-2-3-5-18(15)20/h2-5,13-14,16-17,21H,6-12H2,1H3. The number of aliphatic hydroxyl groups is 1. The van der Waals surface area contributed by atoms with E-state index in [1.807, 2.05) is 0 Å². The van der Waals surface area contributed by atoms with Crippen molar-refractivity contribution in [3.63, 3.8) is 0 Å². The molecule has 21 heavy (non-hydrogen) atoms. The summed E-state index contributed by atoms with van der Waals surface area (Å²) in [6.45, 7) is 2.45. The van der Waals surface area contributed by atoms with Crippen LogP contribution in [0.3, 0.4) is 0 Å². The molecular formula is C20H26O. The zero-order valence-electron chi connectivity index (χ0n) is 13.0. The summed E-state index contributed by atoms with van der Waals surface area (Å²) < 4.78 is 0. The summed E-state index contributed by atoms with van der Waals surface area (Å²) in [5.74, 6) is 3.46. The average Bonchev–Trinajstić information content (AvgIpc) is 2.83. The lowest BCUT2D eigenvalue weighted by Crippen LogP contribution is -2.60. The van der Waals surface area contributed by atoms with E-state index in [-0.39, 0.29) is 5.41 Å². The normalized spacial score (nSPS) is 50.4. The molecule has 1 N–H and O–H groups in total. The SMILES string of the molecule is CC1(C2(O)CCc3ccccc32)C2CC3CC(C2)CC1C3. The molecule has 0 saturated heterocycles. The quantitative estimate of drug-likeness (QED) is 0.815. The Kier molecular flexibility index (Phi) is 2.37. The first-order valence-corrected chi connectivity index (χ1v) is 8.92. The van der Waals surface area contributed by atoms with Gasteiger partial charge in [-0.15, -0.1) is 0 Å². The van der Waals surface area contributed by atoms with Crippen molar-refractivity contribution in [2.45, 2.75) is 57.5 Å². The Hall–Kier alpha value is -0.820. The second-order valence-corrected chi connectivity index (χ2v) is 8.60. The van der Waals surface area contributed by atoms with Crippen LogP contribution in [0.4, 0.5) is 0 Å². The molecular weight excluding hydrogens is 256 g/mol. The second-order valence-electron chi connectivity index (χ2n) is 8.60. The van der Waals surface area contributed by atoms with Gasteiger partial charge in [-0.1, -0.05) is 31.2 Å². The maximum Gasteiger partial charge on any atom is 0.0960 e. The van der Waals surface area contributed by atoms with Crippen molar-refractivity contribution in [3.8, 4) is 0 Å². The molecule has 5 aliphatic carbocycles. The van der Waals surface area contributed by atoms with Crippen molar-refractivity contribution in [2.75, 3.05) is 0 Å². The molecule has 112 valence electrons. The van der Waals surface area contributed by atoms with Gasteiger partial charge in [0.2, 0.25) is 0 Å². The summed E-state index contributed by atoms with van der Waals surface area (Å²) in [6.07, 6.45) is 9.03. The van der Waals surface area contributed by atoms with Crippen LogP contribution in [0.1, 0.15) is 56.6 Å². The van der Waals surface area contributed by atoms with Crippen molar-refractivity contribution in [2.24, 2.45) is 29.1 Å². The van der Waals surface area contributed by atoms with Crippen LogP contribution in [-0.2, 0) is 12.0 Å². The van der Waals surface area contributed by atoms with Crippen LogP contribution in [0.25, 0.3) is 0 Å². The highest BCUT2D eigenvalue weighted by molar-refractivity contribution is 5.40. The highest BCUT2D eigenvalue weighted by Crippen LogP contribution is 2.69. The molecule has 4 saturated carbocycles. The van der Waals surface area contributed by atoms with Gasteiger partial charge in [0.15, 0.2) is 0 Å². The molecule has 1 nitrogen and oxygen atoms in total. The van der Waals surface area contributed by atoms with E-state index in [2.05, 4.69) is 31.2 Å². The summed E-state index contributed by atoms with van der Waals surface area (Å²) in [7, 11) is 0. The highest BCUT2D eigenvalue weighted by Gasteiger charge is 2.64. The van der Waals surface area contributed by atoms with E-state index in [1.165, 1.54) is 43.2 Å². The predicted molar refractivity (Wildman–Crippen MR) is 83.8 cm³/mol. The third-order valence-electron chi connectivity index (χ3n) is 7.94. The first-order chi connectivity index (χ1) is 10.1. The Morgan fingerprint density at radius 1 is 0.952 bits per heavy atom. The minimum Gasteiger partial charge on any atom is -0.385 e. The molecule has 1 atom stereocenters. The van der Waals surface area contributed by atoms with Crippen LogP contribution in [0.2, 0.25) is 0 Å². The fourth-order valence-electron chi connectivity index (χ4n) is 6.99. The number of fused-ring (bicyclic) bond motifs is 1. The molecule has 0 heterocycles. The van der Waals surface area contributed by atoms with Crippen molar-refractivity contribution >= 4 is 0 Å². The van der Waals surface area contributed by atoms with Gasteiger partial charge in [0, 0.05) is 5.41 Å². The molecule has 4 fully saturated rings. The summed E-state index contributed by atoms with van der Waals surface area (Å²) in [5, 5.41) is 11.8. The van der Waals surface area contributed by atoms with E-state index in [0.717, 1.165) is 36.5 Å². The Balaban J connectivity index is 1.64. The monoisotopic (exact) mass is 282 g/mol. The van der Waals surface area contributed by atoms with Gasteiger partial charge >= 0.3 is 0 Å². The topological polar surface area (TPSA) is 20.2 Å². The molecule has 0 spiro atoms. The third-order valence-corrected chi connectivity index (χ3v) is 7.94. The number of benzene rings is 1. The van der Waals surface area contributed by atoms with E-state index < -0.39 is 5.60 Å². The fraction of sp³-hybridized carbons (Fsp3) is 0.700. The number of hydrogen-bond donors (Lipinski definition) is 1. The Morgan fingerprint density at radius 2 is 1.57 bits per heavy atom. The van der Waals surface area contributed by atoms with Crippen LogP contribution in [0, 0.1) is 29.1 Å². The molecule has 0 amide bonds. The second kappa shape index (κ2) is 3.93. The van der Waals surface area contributed by atoms with Crippen molar-refractivity contribution in [1.82, 2.24) is 0 Å². The van der Waals surface area contributed by atoms with Gasteiger partial charge in [-0.05, 0) is 79.7 Å². The van der Waals surface area contributed by atoms with Crippen LogP contribution >= 0.6 is 0 Å². The molecule has 1 aromatic rings. The zero-order valence-corrected chi connectivity index (χ0v) is 13.0.